The first-order chi connectivity index (χ1) is 4.91. The number of carboxylic acids is 1. The van der Waals surface area contributed by atoms with E-state index in [1.807, 2.05) is 6.92 Å². The Bertz CT molecular complexity index is 120. The summed E-state index contributed by atoms with van der Waals surface area (Å²) in [5.74, 6) is -0.935. The number of aliphatic hydroxyl groups excluding tert-OH is 1. The van der Waals surface area contributed by atoms with E-state index in [-0.39, 0.29) is 8.93 Å². The monoisotopic (exact) mass is 168 g/mol. The molecule has 0 rings (SSSR count). The van der Waals surface area contributed by atoms with E-state index in [1.54, 1.807) is 0 Å². The molecule has 60 valence electrons. The molecule has 0 aromatic heterocycles. The maximum atomic E-state index is 9.60. The normalized spacial score (nSPS) is 11.0. The first-order valence-electron chi connectivity index (χ1n) is 3.48. The average Bonchev–Trinajstić information content (AvgIpc) is 1.89. The summed E-state index contributed by atoms with van der Waals surface area (Å²) in [6.45, 7) is 6.59. The molecule has 1 atom stereocenters. The zero-order valence-corrected chi connectivity index (χ0v) is 9.29. The van der Waals surface area contributed by atoms with Crippen LogP contribution in [0.3, 0.4) is 0 Å². The Morgan fingerprint density at radius 2 is 1.91 bits per heavy atom. The molecular formula is C7H13NaO3. The molecule has 0 spiro atoms. The third-order valence-corrected chi connectivity index (χ3v) is 1.77. The van der Waals surface area contributed by atoms with E-state index in [1.165, 1.54) is 6.92 Å². The van der Waals surface area contributed by atoms with Crippen molar-refractivity contribution in [3.63, 3.8) is 0 Å². The van der Waals surface area contributed by atoms with Crippen LogP contribution in [-0.4, -0.2) is 47.5 Å². The third kappa shape index (κ3) is 17.8. The molecule has 11 heavy (non-hydrogen) atoms. The molecule has 0 amide bonds. The molecule has 0 saturated carbocycles. The Morgan fingerprint density at radius 1 is 1.73 bits per heavy atom. The first-order valence-corrected chi connectivity index (χ1v) is 4.64. The molecule has 3 nitrogen and oxygen atoms in total. The summed E-state index contributed by atoms with van der Waals surface area (Å²) < 4.78 is 0.0231. The second-order valence-corrected chi connectivity index (χ2v) is 3.68. The minimum atomic E-state index is -0.935. The molecule has 0 saturated heterocycles. The van der Waals surface area contributed by atoms with Crippen LogP contribution < -0.4 is 0 Å². The van der Waals surface area contributed by atoms with Gasteiger partial charge in [-0.15, -0.1) is 0 Å². The van der Waals surface area contributed by atoms with Gasteiger partial charge in [0, 0.05) is 5.57 Å². The van der Waals surface area contributed by atoms with Crippen LogP contribution in [0.15, 0.2) is 12.2 Å². The van der Waals surface area contributed by atoms with Crippen LogP contribution in [0.2, 0.25) is 0 Å². The van der Waals surface area contributed by atoms with E-state index in [4.69, 9.17) is 10.2 Å². The molecule has 0 heterocycles. The van der Waals surface area contributed by atoms with Gasteiger partial charge in [0.05, 0.1) is 0 Å². The Hall–Kier alpha value is 0.170. The fourth-order valence-electron chi connectivity index (χ4n) is 0. The van der Waals surface area contributed by atoms with Gasteiger partial charge in [0.1, 0.15) is 0 Å². The van der Waals surface area contributed by atoms with Crippen molar-refractivity contribution >= 4 is 33.9 Å². The van der Waals surface area contributed by atoms with E-state index < -0.39 is 5.97 Å². The number of rotatable bonds is 2. The van der Waals surface area contributed by atoms with E-state index in [9.17, 15) is 4.79 Å². The standard InChI is InChI=1S/C4H6O2.C3H7O.Na/c1-3(2)4(5)6;1-2-3-4;/h1H2,2H3,(H,5,6);3-4H,2H2,1H3;. The van der Waals surface area contributed by atoms with Crippen LogP contribution >= 0.6 is 0 Å². The number of carboxylic acid groups (broad SMARTS) is 1. The number of hydrogen-bond donors (Lipinski definition) is 2. The SMILES string of the molecule is C=C(C)C(=O)O.CC[CH](O)[Na]. The molecule has 0 aromatic carbocycles. The van der Waals surface area contributed by atoms with Crippen molar-refractivity contribution in [2.75, 3.05) is 0 Å². The quantitative estimate of drug-likeness (QED) is 0.467. The summed E-state index contributed by atoms with van der Waals surface area (Å²) >= 11 is 0.925. The van der Waals surface area contributed by atoms with Gasteiger partial charge in [0.25, 0.3) is 0 Å². The zero-order valence-electron chi connectivity index (χ0n) is 7.29. The summed E-state index contributed by atoms with van der Waals surface area (Å²) in [5, 5.41) is 16.3. The number of aliphatic hydroxyl groups is 1. The fourth-order valence-corrected chi connectivity index (χ4v) is 0. The summed E-state index contributed by atoms with van der Waals surface area (Å²) in [6.07, 6.45) is 0.923. The second-order valence-electron chi connectivity index (χ2n) is 2.34. The second kappa shape index (κ2) is 8.27. The van der Waals surface area contributed by atoms with Crippen LogP contribution in [0.25, 0.3) is 0 Å². The molecule has 0 aromatic rings. The molecule has 0 aliphatic rings. The van der Waals surface area contributed by atoms with Crippen molar-refractivity contribution in [1.82, 2.24) is 0 Å². The summed E-state index contributed by atoms with van der Waals surface area (Å²) in [7, 11) is 0. The van der Waals surface area contributed by atoms with E-state index in [2.05, 4.69) is 6.58 Å². The summed E-state index contributed by atoms with van der Waals surface area (Å²) in [6, 6.07) is 0. The molecule has 4 heteroatoms. The number of aliphatic carboxylic acids is 1. The molecule has 2 N–H and O–H groups in total. The van der Waals surface area contributed by atoms with Gasteiger partial charge >= 0.3 is 55.7 Å². The van der Waals surface area contributed by atoms with Crippen molar-refractivity contribution in [2.45, 2.75) is 23.6 Å². The van der Waals surface area contributed by atoms with Gasteiger partial charge in [-0.05, 0) is 6.92 Å². The van der Waals surface area contributed by atoms with Crippen LogP contribution in [0.5, 0.6) is 0 Å². The third-order valence-electron chi connectivity index (χ3n) is 0.956. The van der Waals surface area contributed by atoms with Gasteiger partial charge < -0.3 is 5.11 Å². The number of carbonyl (C=O) groups is 1. The van der Waals surface area contributed by atoms with Gasteiger partial charge in [0.15, 0.2) is 0 Å². The molecule has 1 unspecified atom stereocenters. The molecule has 0 bridgehead atoms. The fraction of sp³-hybridized carbons (Fsp3) is 0.571. The maximum absolute atomic E-state index is 9.60. The van der Waals surface area contributed by atoms with E-state index >= 15 is 0 Å². The molecule has 0 fully saturated rings. The van der Waals surface area contributed by atoms with Crippen molar-refractivity contribution in [3.8, 4) is 0 Å². The average molecular weight is 168 g/mol. The predicted molar refractivity (Wildman–Crippen MR) is 44.5 cm³/mol. The van der Waals surface area contributed by atoms with Gasteiger partial charge in [-0.2, -0.15) is 0 Å². The topological polar surface area (TPSA) is 57.5 Å². The van der Waals surface area contributed by atoms with Crippen LogP contribution in [0.1, 0.15) is 20.3 Å². The van der Waals surface area contributed by atoms with Crippen LogP contribution in [0, 0.1) is 0 Å². The molecular weight excluding hydrogens is 155 g/mol. The Kier molecular flexibility index (Phi) is 10.3. The Balaban J connectivity index is 0. The minimum absolute atomic E-state index is 0.0231. The Labute approximate surface area is 84.5 Å². The first kappa shape index (κ1) is 13.7. The number of hydrogen-bond acceptors (Lipinski definition) is 2. The van der Waals surface area contributed by atoms with Crippen molar-refractivity contribution in [1.29, 1.82) is 0 Å². The van der Waals surface area contributed by atoms with Gasteiger partial charge in [0.2, 0.25) is 0 Å². The van der Waals surface area contributed by atoms with E-state index in [0.29, 0.717) is 0 Å². The molecule has 0 radical (unpaired) electrons. The van der Waals surface area contributed by atoms with Crippen LogP contribution in [0.4, 0.5) is 0 Å². The summed E-state index contributed by atoms with van der Waals surface area (Å²) in [4.78, 5) is 9.60. The van der Waals surface area contributed by atoms with Crippen molar-refractivity contribution in [3.05, 3.63) is 12.2 Å². The van der Waals surface area contributed by atoms with Crippen molar-refractivity contribution in [2.24, 2.45) is 0 Å². The summed E-state index contributed by atoms with van der Waals surface area (Å²) in [5.41, 5.74) is 0.176. The van der Waals surface area contributed by atoms with Gasteiger partial charge in [-0.1, -0.05) is 6.58 Å². The van der Waals surface area contributed by atoms with Gasteiger partial charge in [-0.3, -0.25) is 0 Å². The van der Waals surface area contributed by atoms with E-state index in [0.717, 1.165) is 34.4 Å². The molecule has 0 aliphatic heterocycles. The van der Waals surface area contributed by atoms with Crippen molar-refractivity contribution < 1.29 is 15.0 Å². The zero-order chi connectivity index (χ0) is 9.44. The van der Waals surface area contributed by atoms with Gasteiger partial charge in [-0.25, -0.2) is 4.79 Å². The predicted octanol–water partition coefficient (Wildman–Crippen LogP) is 0.530. The molecule has 0 aliphatic carbocycles. The Morgan fingerprint density at radius 3 is 1.91 bits per heavy atom. The van der Waals surface area contributed by atoms with Crippen LogP contribution in [-0.2, 0) is 4.79 Å².